The first kappa shape index (κ1) is 19.9. The lowest BCUT2D eigenvalue weighted by Gasteiger charge is -2.39. The molecule has 0 aromatic carbocycles. The summed E-state index contributed by atoms with van der Waals surface area (Å²) in [6.07, 6.45) is 12.7. The number of nitrogens with zero attached hydrogens (tertiary/aromatic N) is 1. The second-order valence-corrected chi connectivity index (χ2v) is 12.2. The number of rotatable bonds is 4. The van der Waals surface area contributed by atoms with Crippen molar-refractivity contribution in [1.82, 2.24) is 4.31 Å². The van der Waals surface area contributed by atoms with Crippen LogP contribution < -0.4 is 0 Å². The maximum Gasteiger partial charge on any atom is 0.243 e. The molecular weight excluding hydrogens is 342 g/mol. The van der Waals surface area contributed by atoms with E-state index in [1.807, 2.05) is 22.5 Å². The molecule has 0 N–H and O–H groups in total. The first-order valence-electron chi connectivity index (χ1n) is 9.99. The van der Waals surface area contributed by atoms with E-state index in [0.717, 1.165) is 25.7 Å². The summed E-state index contributed by atoms with van der Waals surface area (Å²) in [6, 6.07) is 0.144. The summed E-state index contributed by atoms with van der Waals surface area (Å²) < 4.78 is 28.7. The first-order valence-corrected chi connectivity index (χ1v) is 11.4. The molecule has 2 bridgehead atoms. The van der Waals surface area contributed by atoms with Crippen LogP contribution in [0.4, 0.5) is 0 Å². The molecule has 146 valence electrons. The van der Waals surface area contributed by atoms with Gasteiger partial charge in [0.2, 0.25) is 10.0 Å². The topological polar surface area (TPSA) is 37.4 Å². The van der Waals surface area contributed by atoms with Gasteiger partial charge in [0.1, 0.15) is 0 Å². The number of sulfonamides is 1. The molecule has 2 unspecified atom stereocenters. The van der Waals surface area contributed by atoms with Crippen LogP contribution in [0.2, 0.25) is 0 Å². The first-order chi connectivity index (χ1) is 11.9. The Morgan fingerprint density at radius 3 is 2.50 bits per heavy atom. The quantitative estimate of drug-likeness (QED) is 0.656. The van der Waals surface area contributed by atoms with Crippen molar-refractivity contribution in [3.8, 4) is 0 Å². The summed E-state index contributed by atoms with van der Waals surface area (Å²) in [5, 5.41) is 0. The Hall–Kier alpha value is -0.870. The summed E-state index contributed by atoms with van der Waals surface area (Å²) in [4.78, 5) is 0.476. The molecule has 26 heavy (non-hydrogen) atoms. The van der Waals surface area contributed by atoms with E-state index in [4.69, 9.17) is 0 Å². The van der Waals surface area contributed by atoms with Crippen molar-refractivity contribution in [2.45, 2.75) is 79.7 Å². The molecule has 1 aliphatic heterocycles. The third kappa shape index (κ3) is 3.60. The standard InChI is InChI=1S/C22H35NO2S/c1-7-21(4,5)17-9-8-10-19(12-11-17)26(24,25)23-16-22(6)14-18(23)13-20(2,3)15-22/h9-12,18H,7-8,13-16H2,1-6H3. The number of hydrogen-bond donors (Lipinski definition) is 0. The summed E-state index contributed by atoms with van der Waals surface area (Å²) in [7, 11) is -3.43. The molecule has 1 saturated heterocycles. The minimum absolute atomic E-state index is 0.0746. The zero-order chi connectivity index (χ0) is 19.4. The molecule has 3 nitrogen and oxygen atoms in total. The smallest absolute Gasteiger partial charge is 0.207 e. The van der Waals surface area contributed by atoms with Gasteiger partial charge in [0.25, 0.3) is 0 Å². The molecule has 0 radical (unpaired) electrons. The average molecular weight is 378 g/mol. The molecule has 1 saturated carbocycles. The third-order valence-electron chi connectivity index (χ3n) is 6.72. The van der Waals surface area contributed by atoms with Gasteiger partial charge in [-0.2, -0.15) is 4.31 Å². The van der Waals surface area contributed by atoms with E-state index in [9.17, 15) is 8.42 Å². The fourth-order valence-electron chi connectivity index (χ4n) is 5.33. The van der Waals surface area contributed by atoms with Crippen LogP contribution in [-0.2, 0) is 10.0 Å². The monoisotopic (exact) mass is 377 g/mol. The number of allylic oxidation sites excluding steroid dienone is 5. The third-order valence-corrected chi connectivity index (χ3v) is 8.67. The zero-order valence-electron chi connectivity index (χ0n) is 17.3. The van der Waals surface area contributed by atoms with Crippen LogP contribution >= 0.6 is 0 Å². The van der Waals surface area contributed by atoms with Gasteiger partial charge in [-0.15, -0.1) is 0 Å². The molecule has 4 heteroatoms. The second kappa shape index (κ2) is 6.34. The minimum atomic E-state index is -3.43. The maximum atomic E-state index is 13.4. The van der Waals surface area contributed by atoms with Gasteiger partial charge in [0.15, 0.2) is 0 Å². The predicted molar refractivity (Wildman–Crippen MR) is 109 cm³/mol. The summed E-state index contributed by atoms with van der Waals surface area (Å²) >= 11 is 0. The van der Waals surface area contributed by atoms with Gasteiger partial charge in [-0.1, -0.05) is 59.8 Å². The Morgan fingerprint density at radius 2 is 1.85 bits per heavy atom. The molecule has 2 aliphatic carbocycles. The van der Waals surface area contributed by atoms with Crippen molar-refractivity contribution in [2.24, 2.45) is 16.2 Å². The van der Waals surface area contributed by atoms with Gasteiger partial charge in [-0.25, -0.2) is 8.42 Å². The van der Waals surface area contributed by atoms with E-state index in [1.165, 1.54) is 5.57 Å². The maximum absolute atomic E-state index is 13.4. The summed E-state index contributed by atoms with van der Waals surface area (Å²) in [5.41, 5.74) is 1.64. The van der Waals surface area contributed by atoms with Gasteiger partial charge in [-0.3, -0.25) is 0 Å². The molecule has 1 heterocycles. The molecule has 0 spiro atoms. The van der Waals surface area contributed by atoms with Crippen LogP contribution in [0.5, 0.6) is 0 Å². The number of hydrogen-bond acceptors (Lipinski definition) is 2. The number of fused-ring (bicyclic) bond motifs is 2. The summed E-state index contributed by atoms with van der Waals surface area (Å²) in [6.45, 7) is 14.1. The van der Waals surface area contributed by atoms with E-state index in [2.05, 4.69) is 47.6 Å². The fraction of sp³-hybridized carbons (Fsp3) is 0.727. The van der Waals surface area contributed by atoms with Crippen molar-refractivity contribution in [2.75, 3.05) is 6.54 Å². The average Bonchev–Trinajstić information content (AvgIpc) is 2.69. The fourth-order valence-corrected chi connectivity index (χ4v) is 7.17. The molecule has 3 rings (SSSR count). The highest BCUT2D eigenvalue weighted by Gasteiger charge is 2.53. The highest BCUT2D eigenvalue weighted by molar-refractivity contribution is 7.93. The van der Waals surface area contributed by atoms with Crippen molar-refractivity contribution in [3.63, 3.8) is 0 Å². The molecule has 0 aromatic heterocycles. The van der Waals surface area contributed by atoms with Crippen molar-refractivity contribution >= 4 is 10.0 Å². The van der Waals surface area contributed by atoms with Crippen molar-refractivity contribution in [3.05, 3.63) is 34.8 Å². The van der Waals surface area contributed by atoms with E-state index >= 15 is 0 Å². The van der Waals surface area contributed by atoms with Gasteiger partial charge >= 0.3 is 0 Å². The SMILES string of the molecule is CCC(C)(C)C1=CCC=C(S(=O)(=O)N2CC3(C)CC2CC(C)(C)C3)C=C1. The summed E-state index contributed by atoms with van der Waals surface area (Å²) in [5.74, 6) is 0. The van der Waals surface area contributed by atoms with E-state index in [1.54, 1.807) is 0 Å². The highest BCUT2D eigenvalue weighted by atomic mass is 32.2. The van der Waals surface area contributed by atoms with E-state index < -0.39 is 10.0 Å². The second-order valence-electron chi connectivity index (χ2n) is 10.3. The molecule has 0 aromatic rings. The normalized spacial score (nSPS) is 32.2. The van der Waals surface area contributed by atoms with Crippen LogP contribution in [-0.4, -0.2) is 25.3 Å². The van der Waals surface area contributed by atoms with E-state index in [-0.39, 0.29) is 22.3 Å². The zero-order valence-corrected chi connectivity index (χ0v) is 18.1. The van der Waals surface area contributed by atoms with E-state index in [0.29, 0.717) is 17.9 Å². The Balaban J connectivity index is 1.86. The van der Waals surface area contributed by atoms with Crippen molar-refractivity contribution < 1.29 is 8.42 Å². The van der Waals surface area contributed by atoms with Crippen LogP contribution in [0.15, 0.2) is 34.8 Å². The van der Waals surface area contributed by atoms with Crippen LogP contribution in [0.3, 0.4) is 0 Å². The lowest BCUT2D eigenvalue weighted by atomic mass is 9.65. The van der Waals surface area contributed by atoms with Crippen LogP contribution in [0.25, 0.3) is 0 Å². The van der Waals surface area contributed by atoms with Gasteiger partial charge in [0.05, 0.1) is 4.91 Å². The molecule has 0 amide bonds. The minimum Gasteiger partial charge on any atom is -0.207 e. The highest BCUT2D eigenvalue weighted by Crippen LogP contribution is 2.53. The van der Waals surface area contributed by atoms with Crippen LogP contribution in [0.1, 0.15) is 73.6 Å². The van der Waals surface area contributed by atoms with Crippen molar-refractivity contribution in [1.29, 1.82) is 0 Å². The largest absolute Gasteiger partial charge is 0.243 e. The molecular formula is C22H35NO2S. The Kier molecular flexibility index (Phi) is 4.85. The Labute approximate surface area is 160 Å². The van der Waals surface area contributed by atoms with Gasteiger partial charge in [0, 0.05) is 12.6 Å². The molecule has 2 atom stereocenters. The lowest BCUT2D eigenvalue weighted by molar-refractivity contribution is 0.133. The van der Waals surface area contributed by atoms with Gasteiger partial charge in [-0.05, 0) is 60.0 Å². The molecule has 3 aliphatic rings. The van der Waals surface area contributed by atoms with Gasteiger partial charge < -0.3 is 0 Å². The Morgan fingerprint density at radius 1 is 1.15 bits per heavy atom. The Bertz CT molecular complexity index is 770. The lowest BCUT2D eigenvalue weighted by Crippen LogP contribution is -2.38. The predicted octanol–water partition coefficient (Wildman–Crippen LogP) is 5.42. The molecule has 2 fully saturated rings. The van der Waals surface area contributed by atoms with Crippen LogP contribution in [0, 0.1) is 16.2 Å².